The molecule has 0 saturated heterocycles. The Bertz CT molecular complexity index is 426. The fourth-order valence-corrected chi connectivity index (χ4v) is 3.56. The van der Waals surface area contributed by atoms with Crippen LogP contribution in [0, 0.1) is 5.92 Å². The minimum atomic E-state index is 0.0299. The molecule has 1 aliphatic carbocycles. The monoisotopic (exact) mass is 273 g/mol. The van der Waals surface area contributed by atoms with Crippen molar-refractivity contribution in [1.29, 1.82) is 0 Å². The van der Waals surface area contributed by atoms with Crippen LogP contribution in [0.3, 0.4) is 0 Å². The van der Waals surface area contributed by atoms with E-state index in [0.29, 0.717) is 0 Å². The zero-order chi connectivity index (χ0) is 14.8. The number of hydrogen-bond donors (Lipinski definition) is 1. The highest BCUT2D eigenvalue weighted by atomic mass is 14.7. The topological polar surface area (TPSA) is 26.0 Å². The van der Waals surface area contributed by atoms with Crippen LogP contribution in [0.1, 0.15) is 70.9 Å². The molecule has 0 bridgehead atoms. The summed E-state index contributed by atoms with van der Waals surface area (Å²) in [7, 11) is 0. The predicted octanol–water partition coefficient (Wildman–Crippen LogP) is 4.82. The van der Waals surface area contributed by atoms with Crippen molar-refractivity contribution in [3.63, 3.8) is 0 Å². The first-order valence-electron chi connectivity index (χ1n) is 8.21. The fourth-order valence-electron chi connectivity index (χ4n) is 3.56. The van der Waals surface area contributed by atoms with Crippen LogP contribution in [-0.4, -0.2) is 5.54 Å². The van der Waals surface area contributed by atoms with E-state index in [1.807, 2.05) is 0 Å². The van der Waals surface area contributed by atoms with Gasteiger partial charge in [0.25, 0.3) is 0 Å². The van der Waals surface area contributed by atoms with E-state index in [-0.39, 0.29) is 11.0 Å². The molecule has 0 radical (unpaired) electrons. The molecule has 0 aromatic heterocycles. The van der Waals surface area contributed by atoms with Crippen molar-refractivity contribution in [2.75, 3.05) is 0 Å². The summed E-state index contributed by atoms with van der Waals surface area (Å²) in [4.78, 5) is 0. The third kappa shape index (κ3) is 3.85. The Kier molecular flexibility index (Phi) is 4.59. The lowest BCUT2D eigenvalue weighted by atomic mass is 9.72. The maximum absolute atomic E-state index is 6.68. The summed E-state index contributed by atoms with van der Waals surface area (Å²) in [5.74, 6) is 0.836. The smallest absolute Gasteiger partial charge is 0.0197 e. The summed E-state index contributed by atoms with van der Waals surface area (Å²) in [6.45, 7) is 9.09. The molecule has 0 aliphatic heterocycles. The Morgan fingerprint density at radius 1 is 1.20 bits per heavy atom. The molecular formula is C19H31N. The first kappa shape index (κ1) is 15.6. The molecule has 1 heteroatoms. The van der Waals surface area contributed by atoms with Gasteiger partial charge in [-0.3, -0.25) is 0 Å². The number of nitrogens with two attached hydrogens (primary N) is 1. The summed E-state index contributed by atoms with van der Waals surface area (Å²) >= 11 is 0. The van der Waals surface area contributed by atoms with Crippen LogP contribution in [0.25, 0.3) is 0 Å². The van der Waals surface area contributed by atoms with Gasteiger partial charge in [0.2, 0.25) is 0 Å². The molecule has 1 aliphatic rings. The van der Waals surface area contributed by atoms with E-state index in [2.05, 4.69) is 52.0 Å². The van der Waals surface area contributed by atoms with Crippen molar-refractivity contribution in [3.8, 4) is 0 Å². The van der Waals surface area contributed by atoms with Gasteiger partial charge in [0.05, 0.1) is 0 Å². The molecule has 2 rings (SSSR count). The molecule has 20 heavy (non-hydrogen) atoms. The highest BCUT2D eigenvalue weighted by Gasteiger charge is 2.32. The number of rotatable bonds is 3. The second kappa shape index (κ2) is 5.89. The molecule has 0 amide bonds. The largest absolute Gasteiger partial charge is 0.325 e. The minimum Gasteiger partial charge on any atom is -0.325 e. The lowest BCUT2D eigenvalue weighted by Crippen LogP contribution is -2.46. The van der Waals surface area contributed by atoms with Crippen molar-refractivity contribution >= 4 is 0 Å². The number of benzene rings is 1. The molecule has 2 N–H and O–H groups in total. The van der Waals surface area contributed by atoms with Crippen LogP contribution in [0.2, 0.25) is 0 Å². The van der Waals surface area contributed by atoms with E-state index < -0.39 is 0 Å². The fraction of sp³-hybridized carbons (Fsp3) is 0.684. The zero-order valence-electron chi connectivity index (χ0n) is 13.7. The highest BCUT2D eigenvalue weighted by molar-refractivity contribution is 5.28. The molecule has 1 nitrogen and oxygen atoms in total. The molecule has 0 spiro atoms. The van der Waals surface area contributed by atoms with E-state index in [9.17, 15) is 0 Å². The van der Waals surface area contributed by atoms with Crippen molar-refractivity contribution < 1.29 is 0 Å². The average molecular weight is 273 g/mol. The van der Waals surface area contributed by atoms with Gasteiger partial charge in [0.15, 0.2) is 0 Å². The van der Waals surface area contributed by atoms with E-state index in [1.54, 1.807) is 0 Å². The van der Waals surface area contributed by atoms with Gasteiger partial charge in [-0.05, 0) is 41.7 Å². The summed E-state index contributed by atoms with van der Waals surface area (Å²) < 4.78 is 0. The minimum absolute atomic E-state index is 0.0299. The van der Waals surface area contributed by atoms with Crippen LogP contribution >= 0.6 is 0 Å². The third-order valence-electron chi connectivity index (χ3n) is 4.94. The van der Waals surface area contributed by atoms with Crippen molar-refractivity contribution in [2.24, 2.45) is 11.7 Å². The molecule has 1 fully saturated rings. The molecule has 0 heterocycles. The van der Waals surface area contributed by atoms with Gasteiger partial charge in [0, 0.05) is 5.54 Å². The van der Waals surface area contributed by atoms with Crippen molar-refractivity contribution in [3.05, 3.63) is 35.4 Å². The molecule has 1 saturated carbocycles. The second-order valence-electron chi connectivity index (χ2n) is 7.86. The third-order valence-corrected chi connectivity index (χ3v) is 4.94. The summed E-state index contributed by atoms with van der Waals surface area (Å²) in [6, 6.07) is 9.12. The summed E-state index contributed by atoms with van der Waals surface area (Å²) in [5.41, 5.74) is 9.75. The van der Waals surface area contributed by atoms with Crippen LogP contribution in [0.4, 0.5) is 0 Å². The van der Waals surface area contributed by atoms with Crippen LogP contribution in [0.15, 0.2) is 24.3 Å². The molecular weight excluding hydrogens is 242 g/mol. The molecule has 2 atom stereocenters. The van der Waals surface area contributed by atoms with Crippen molar-refractivity contribution in [2.45, 2.75) is 77.2 Å². The first-order valence-corrected chi connectivity index (χ1v) is 8.21. The van der Waals surface area contributed by atoms with Gasteiger partial charge in [-0.15, -0.1) is 0 Å². The Hall–Kier alpha value is -0.820. The second-order valence-corrected chi connectivity index (χ2v) is 7.86. The first-order chi connectivity index (χ1) is 9.32. The average Bonchev–Trinajstić information content (AvgIpc) is 2.37. The van der Waals surface area contributed by atoms with Crippen molar-refractivity contribution in [1.82, 2.24) is 0 Å². The van der Waals surface area contributed by atoms with Crippen LogP contribution in [-0.2, 0) is 11.8 Å². The highest BCUT2D eigenvalue weighted by Crippen LogP contribution is 2.35. The maximum atomic E-state index is 6.68. The lowest BCUT2D eigenvalue weighted by molar-refractivity contribution is 0.218. The van der Waals surface area contributed by atoms with Gasteiger partial charge in [0.1, 0.15) is 0 Å². The quantitative estimate of drug-likeness (QED) is 0.839. The molecule has 1 aromatic rings. The van der Waals surface area contributed by atoms with Gasteiger partial charge in [-0.25, -0.2) is 0 Å². The summed E-state index contributed by atoms with van der Waals surface area (Å²) in [6.07, 6.45) is 7.37. The Morgan fingerprint density at radius 3 is 2.40 bits per heavy atom. The van der Waals surface area contributed by atoms with Gasteiger partial charge >= 0.3 is 0 Å². The van der Waals surface area contributed by atoms with E-state index >= 15 is 0 Å². The molecule has 1 aromatic carbocycles. The van der Waals surface area contributed by atoms with Crippen LogP contribution in [0.5, 0.6) is 0 Å². The predicted molar refractivity (Wildman–Crippen MR) is 88.0 cm³/mol. The Labute approximate surface area is 125 Å². The molecule has 112 valence electrons. The normalized spacial score (nSPS) is 27.6. The van der Waals surface area contributed by atoms with E-state index in [4.69, 9.17) is 5.73 Å². The summed E-state index contributed by atoms with van der Waals surface area (Å²) in [5, 5.41) is 0. The van der Waals surface area contributed by atoms with Crippen LogP contribution < -0.4 is 5.73 Å². The standard InChI is InChI=1S/C19H31N/c1-5-15-7-6-12-19(20,13-15)14-16-8-10-17(11-9-16)18(2,3)4/h8-11,15H,5-7,12-14,20H2,1-4H3. The molecule has 2 unspecified atom stereocenters. The van der Waals surface area contributed by atoms with Gasteiger partial charge < -0.3 is 5.73 Å². The zero-order valence-corrected chi connectivity index (χ0v) is 13.7. The Balaban J connectivity index is 2.06. The van der Waals surface area contributed by atoms with Gasteiger partial charge in [-0.1, -0.05) is 71.2 Å². The SMILES string of the molecule is CCC1CCCC(N)(Cc2ccc(C(C)(C)C)cc2)C1. The van der Waals surface area contributed by atoms with E-state index in [0.717, 1.165) is 12.3 Å². The number of hydrogen-bond acceptors (Lipinski definition) is 1. The lowest BCUT2D eigenvalue weighted by Gasteiger charge is -2.38. The maximum Gasteiger partial charge on any atom is 0.0197 e. The van der Waals surface area contributed by atoms with Gasteiger partial charge in [-0.2, -0.15) is 0 Å². The Morgan fingerprint density at radius 2 is 1.85 bits per heavy atom. The van der Waals surface area contributed by atoms with E-state index in [1.165, 1.54) is 43.2 Å².